The van der Waals surface area contributed by atoms with E-state index in [0.717, 1.165) is 28.0 Å². The van der Waals surface area contributed by atoms with E-state index in [-0.39, 0.29) is 6.54 Å². The van der Waals surface area contributed by atoms with Gasteiger partial charge in [0.2, 0.25) is 11.9 Å². The number of rotatable bonds is 7. The minimum atomic E-state index is -1.53. The summed E-state index contributed by atoms with van der Waals surface area (Å²) in [7, 11) is -1.53. The SMILES string of the molecule is Cc1nc(-n2c(CN)cc3c(C(N)=O)cccc32)nc(NCc2cccc(B(O)O)c2)c1C. The van der Waals surface area contributed by atoms with E-state index in [1.54, 1.807) is 30.3 Å². The number of aromatic nitrogens is 3. The molecule has 33 heavy (non-hydrogen) atoms. The van der Waals surface area contributed by atoms with Crippen molar-refractivity contribution in [3.63, 3.8) is 0 Å². The van der Waals surface area contributed by atoms with Gasteiger partial charge in [0.05, 0.1) is 5.52 Å². The van der Waals surface area contributed by atoms with Gasteiger partial charge in [0.25, 0.3) is 0 Å². The third kappa shape index (κ3) is 4.31. The Labute approximate surface area is 191 Å². The predicted octanol–water partition coefficient (Wildman–Crippen LogP) is 0.887. The van der Waals surface area contributed by atoms with Crippen molar-refractivity contribution in [3.05, 3.63) is 76.6 Å². The highest BCUT2D eigenvalue weighted by Gasteiger charge is 2.18. The minimum Gasteiger partial charge on any atom is -0.423 e. The van der Waals surface area contributed by atoms with Crippen molar-refractivity contribution in [3.8, 4) is 5.95 Å². The summed E-state index contributed by atoms with van der Waals surface area (Å²) in [6.45, 7) is 4.48. The summed E-state index contributed by atoms with van der Waals surface area (Å²) in [6, 6.07) is 14.2. The van der Waals surface area contributed by atoms with Crippen LogP contribution in [-0.2, 0) is 13.1 Å². The molecule has 1 amide bonds. The summed E-state index contributed by atoms with van der Waals surface area (Å²) >= 11 is 0. The first-order valence-electron chi connectivity index (χ1n) is 10.5. The fourth-order valence-electron chi connectivity index (χ4n) is 3.82. The standard InChI is InChI=1S/C23H25BN6O3/c1-13-14(2)28-23(29-22(13)27-12-15-5-3-6-16(9-15)24(32)33)30-17(11-25)10-19-18(21(26)31)7-4-8-20(19)30/h3-10,32-33H,11-12,25H2,1-2H3,(H2,26,31)(H,27,28,29). The van der Waals surface area contributed by atoms with Crippen molar-refractivity contribution in [2.75, 3.05) is 5.32 Å². The molecule has 0 unspecified atom stereocenters. The van der Waals surface area contributed by atoms with Gasteiger partial charge >= 0.3 is 7.12 Å². The Kier molecular flexibility index (Phi) is 6.15. The number of benzene rings is 2. The molecule has 2 aromatic heterocycles. The van der Waals surface area contributed by atoms with Gasteiger partial charge in [-0.2, -0.15) is 4.98 Å². The number of carbonyl (C=O) groups is 1. The van der Waals surface area contributed by atoms with Gasteiger partial charge in [-0.1, -0.05) is 30.3 Å². The minimum absolute atomic E-state index is 0.224. The lowest BCUT2D eigenvalue weighted by atomic mass is 9.80. The van der Waals surface area contributed by atoms with E-state index in [4.69, 9.17) is 16.5 Å². The lowest BCUT2D eigenvalue weighted by Crippen LogP contribution is -2.30. The van der Waals surface area contributed by atoms with Gasteiger partial charge in [-0.05, 0) is 43.1 Å². The molecule has 168 valence electrons. The number of hydrogen-bond acceptors (Lipinski definition) is 7. The average Bonchev–Trinajstić information content (AvgIpc) is 3.18. The molecule has 9 nitrogen and oxygen atoms in total. The first-order chi connectivity index (χ1) is 15.8. The normalized spacial score (nSPS) is 11.1. The summed E-state index contributed by atoms with van der Waals surface area (Å²) in [5, 5.41) is 22.9. The maximum Gasteiger partial charge on any atom is 0.488 e. The highest BCUT2D eigenvalue weighted by molar-refractivity contribution is 6.58. The van der Waals surface area contributed by atoms with Crippen LogP contribution in [0.2, 0.25) is 0 Å². The van der Waals surface area contributed by atoms with Gasteiger partial charge in [-0.25, -0.2) is 4.98 Å². The number of amides is 1. The molecule has 0 aliphatic heterocycles. The van der Waals surface area contributed by atoms with Crippen molar-refractivity contribution in [1.29, 1.82) is 0 Å². The van der Waals surface area contributed by atoms with Crippen molar-refractivity contribution in [2.45, 2.75) is 26.9 Å². The van der Waals surface area contributed by atoms with E-state index >= 15 is 0 Å². The Bertz CT molecular complexity index is 1350. The summed E-state index contributed by atoms with van der Waals surface area (Å²) in [5.41, 5.74) is 16.4. The lowest BCUT2D eigenvalue weighted by Gasteiger charge is -2.15. The molecule has 0 atom stereocenters. The number of hydrogen-bond donors (Lipinski definition) is 5. The zero-order valence-electron chi connectivity index (χ0n) is 18.4. The first kappa shape index (κ1) is 22.5. The third-order valence-corrected chi connectivity index (χ3v) is 5.68. The molecule has 0 bridgehead atoms. The van der Waals surface area contributed by atoms with E-state index in [1.165, 1.54) is 0 Å². The van der Waals surface area contributed by atoms with E-state index < -0.39 is 13.0 Å². The molecule has 0 fully saturated rings. The van der Waals surface area contributed by atoms with Gasteiger partial charge in [0.1, 0.15) is 5.82 Å². The van der Waals surface area contributed by atoms with Crippen LogP contribution in [0.4, 0.5) is 5.82 Å². The molecule has 10 heteroatoms. The molecule has 2 aromatic carbocycles. The second-order valence-corrected chi connectivity index (χ2v) is 7.83. The van der Waals surface area contributed by atoms with E-state index in [9.17, 15) is 14.8 Å². The summed E-state index contributed by atoms with van der Waals surface area (Å²) < 4.78 is 1.84. The molecular formula is C23H25BN6O3. The monoisotopic (exact) mass is 444 g/mol. The fourth-order valence-corrected chi connectivity index (χ4v) is 3.82. The summed E-state index contributed by atoms with van der Waals surface area (Å²) in [6.07, 6.45) is 0. The van der Waals surface area contributed by atoms with Crippen molar-refractivity contribution < 1.29 is 14.8 Å². The molecule has 7 N–H and O–H groups in total. The van der Waals surface area contributed by atoms with E-state index in [1.807, 2.05) is 36.6 Å². The van der Waals surface area contributed by atoms with Crippen LogP contribution >= 0.6 is 0 Å². The van der Waals surface area contributed by atoms with Gasteiger partial charge in [-0.15, -0.1) is 0 Å². The molecule has 0 spiro atoms. The lowest BCUT2D eigenvalue weighted by molar-refractivity contribution is 0.100. The number of fused-ring (bicyclic) bond motifs is 1. The number of nitrogens with one attached hydrogen (secondary N) is 1. The van der Waals surface area contributed by atoms with Gasteiger partial charge in [-0.3, -0.25) is 9.36 Å². The molecular weight excluding hydrogens is 419 g/mol. The first-order valence-corrected chi connectivity index (χ1v) is 10.5. The van der Waals surface area contributed by atoms with Crippen LogP contribution in [0.1, 0.15) is 32.9 Å². The number of aryl methyl sites for hydroxylation is 1. The number of carbonyl (C=O) groups excluding carboxylic acids is 1. The molecule has 4 aromatic rings. The van der Waals surface area contributed by atoms with Crippen LogP contribution in [0, 0.1) is 13.8 Å². The molecule has 0 aliphatic rings. The molecule has 0 saturated carbocycles. The predicted molar refractivity (Wildman–Crippen MR) is 128 cm³/mol. The third-order valence-electron chi connectivity index (χ3n) is 5.68. The second kappa shape index (κ2) is 9.03. The maximum atomic E-state index is 11.9. The Morgan fingerprint density at radius 2 is 1.88 bits per heavy atom. The number of anilines is 1. The molecule has 4 rings (SSSR count). The average molecular weight is 444 g/mol. The zero-order chi connectivity index (χ0) is 23.7. The van der Waals surface area contributed by atoms with Crippen molar-refractivity contribution >= 4 is 35.2 Å². The van der Waals surface area contributed by atoms with Gasteiger partial charge in [0, 0.05) is 41.0 Å². The topological polar surface area (TPSA) is 152 Å². The van der Waals surface area contributed by atoms with Gasteiger partial charge < -0.3 is 26.8 Å². The molecule has 0 radical (unpaired) electrons. The van der Waals surface area contributed by atoms with Crippen LogP contribution in [0.15, 0.2) is 48.5 Å². The summed E-state index contributed by atoms with van der Waals surface area (Å²) in [4.78, 5) is 21.3. The van der Waals surface area contributed by atoms with Gasteiger partial charge in [0.15, 0.2) is 0 Å². The van der Waals surface area contributed by atoms with Crippen molar-refractivity contribution in [2.24, 2.45) is 11.5 Å². The van der Waals surface area contributed by atoms with Crippen LogP contribution in [-0.4, -0.2) is 37.6 Å². The summed E-state index contributed by atoms with van der Waals surface area (Å²) in [5.74, 6) is 0.556. The quantitative estimate of drug-likeness (QED) is 0.266. The maximum absolute atomic E-state index is 11.9. The zero-order valence-corrected chi connectivity index (χ0v) is 18.4. The largest absolute Gasteiger partial charge is 0.488 e. The Hall–Kier alpha value is -3.73. The van der Waals surface area contributed by atoms with E-state index in [0.29, 0.717) is 34.7 Å². The van der Waals surface area contributed by atoms with Crippen LogP contribution in [0.3, 0.4) is 0 Å². The van der Waals surface area contributed by atoms with Crippen LogP contribution in [0.25, 0.3) is 16.9 Å². The van der Waals surface area contributed by atoms with Crippen LogP contribution < -0.4 is 22.2 Å². The number of primary amides is 1. The molecule has 0 saturated heterocycles. The molecule has 0 aliphatic carbocycles. The van der Waals surface area contributed by atoms with E-state index in [2.05, 4.69) is 10.3 Å². The van der Waals surface area contributed by atoms with Crippen molar-refractivity contribution in [1.82, 2.24) is 14.5 Å². The van der Waals surface area contributed by atoms with Crippen LogP contribution in [0.5, 0.6) is 0 Å². The number of nitrogens with two attached hydrogens (primary N) is 2. The number of nitrogens with zero attached hydrogens (tertiary/aromatic N) is 3. The fraction of sp³-hybridized carbons (Fsp3) is 0.174. The Morgan fingerprint density at radius 3 is 2.58 bits per heavy atom. The highest BCUT2D eigenvalue weighted by atomic mass is 16.4. The second-order valence-electron chi connectivity index (χ2n) is 7.83. The molecule has 2 heterocycles. The highest BCUT2D eigenvalue weighted by Crippen LogP contribution is 2.27. The Balaban J connectivity index is 1.76. The Morgan fingerprint density at radius 1 is 1.12 bits per heavy atom. The smallest absolute Gasteiger partial charge is 0.423 e.